The second-order valence-electron chi connectivity index (χ2n) is 3.21. The van der Waals surface area contributed by atoms with Gasteiger partial charge in [0.25, 0.3) is 0 Å². The van der Waals surface area contributed by atoms with Crippen molar-refractivity contribution in [3.05, 3.63) is 22.6 Å². The van der Waals surface area contributed by atoms with E-state index >= 15 is 0 Å². The third-order valence-corrected chi connectivity index (χ3v) is 2.72. The van der Waals surface area contributed by atoms with Gasteiger partial charge in [0.15, 0.2) is 5.76 Å². The first kappa shape index (κ1) is 11.5. The predicted octanol–water partition coefficient (Wildman–Crippen LogP) is 2.61. The Bertz CT molecular complexity index is 309. The van der Waals surface area contributed by atoms with Crippen LogP contribution in [-0.4, -0.2) is 18.4 Å². The van der Waals surface area contributed by atoms with Crippen LogP contribution in [0.4, 0.5) is 0 Å². The van der Waals surface area contributed by atoms with Crippen LogP contribution in [0.25, 0.3) is 0 Å². The number of carbonyl (C=O) groups is 1. The molecule has 1 heterocycles. The second kappa shape index (κ2) is 5.32. The van der Waals surface area contributed by atoms with E-state index in [1.54, 1.807) is 6.07 Å². The summed E-state index contributed by atoms with van der Waals surface area (Å²) in [4.78, 5) is 11.6. The highest BCUT2D eigenvalue weighted by Gasteiger charge is 2.13. The molecule has 14 heavy (non-hydrogen) atoms. The second-order valence-corrected chi connectivity index (χ2v) is 4.07. The van der Waals surface area contributed by atoms with Crippen molar-refractivity contribution in [3.63, 3.8) is 0 Å². The zero-order valence-corrected chi connectivity index (χ0v) is 9.93. The molecule has 0 fully saturated rings. The fraction of sp³-hybridized carbons (Fsp3) is 0.500. The van der Waals surface area contributed by atoms with Crippen LogP contribution >= 0.6 is 15.9 Å². The molecule has 1 rings (SSSR count). The molecule has 0 saturated heterocycles. The lowest BCUT2D eigenvalue weighted by Crippen LogP contribution is -2.30. The van der Waals surface area contributed by atoms with Gasteiger partial charge in [0.05, 0.1) is 17.3 Å². The number of ketones is 1. The summed E-state index contributed by atoms with van der Waals surface area (Å²) in [6, 6.07) is 2.07. The summed E-state index contributed by atoms with van der Waals surface area (Å²) < 4.78 is 5.77. The lowest BCUT2D eigenvalue weighted by molar-refractivity contribution is 0.0960. The first-order valence-electron chi connectivity index (χ1n) is 4.64. The maximum Gasteiger partial charge on any atom is 0.212 e. The number of Topliss-reactive ketones (excluding diaryl/α,β-unsaturated/α-hetero) is 1. The molecule has 3 nitrogen and oxygen atoms in total. The average molecular weight is 260 g/mol. The molecule has 0 spiro atoms. The van der Waals surface area contributed by atoms with Crippen molar-refractivity contribution < 1.29 is 9.21 Å². The van der Waals surface area contributed by atoms with Crippen molar-refractivity contribution in [2.75, 3.05) is 6.54 Å². The Kier molecular flexibility index (Phi) is 4.35. The molecule has 0 aliphatic carbocycles. The molecule has 0 radical (unpaired) electrons. The van der Waals surface area contributed by atoms with Gasteiger partial charge in [-0.05, 0) is 35.3 Å². The average Bonchev–Trinajstić information content (AvgIpc) is 2.60. The minimum atomic E-state index is -0.0258. The maximum atomic E-state index is 11.6. The number of furan rings is 1. The van der Waals surface area contributed by atoms with Gasteiger partial charge >= 0.3 is 0 Å². The van der Waals surface area contributed by atoms with E-state index in [4.69, 9.17) is 4.42 Å². The van der Waals surface area contributed by atoms with Crippen molar-refractivity contribution in [3.8, 4) is 0 Å². The Morgan fingerprint density at radius 2 is 2.43 bits per heavy atom. The first-order valence-corrected chi connectivity index (χ1v) is 5.44. The zero-order valence-electron chi connectivity index (χ0n) is 8.34. The van der Waals surface area contributed by atoms with E-state index in [-0.39, 0.29) is 5.78 Å². The first-order chi connectivity index (χ1) is 6.65. The number of rotatable bonds is 5. The fourth-order valence-electron chi connectivity index (χ4n) is 0.984. The minimum Gasteiger partial charge on any atom is -0.460 e. The molecule has 0 bridgehead atoms. The molecule has 1 atom stereocenters. The third kappa shape index (κ3) is 2.96. The summed E-state index contributed by atoms with van der Waals surface area (Å²) in [6.45, 7) is 4.44. The molecule has 1 aromatic heterocycles. The lowest BCUT2D eigenvalue weighted by atomic mass is 10.2. The number of hydrogen-bond donors (Lipinski definition) is 1. The van der Waals surface area contributed by atoms with Gasteiger partial charge in [0, 0.05) is 6.04 Å². The summed E-state index contributed by atoms with van der Waals surface area (Å²) in [7, 11) is 0. The Morgan fingerprint density at radius 1 is 1.71 bits per heavy atom. The fourth-order valence-corrected chi connectivity index (χ4v) is 1.41. The lowest BCUT2D eigenvalue weighted by Gasteiger charge is -2.09. The monoisotopic (exact) mass is 259 g/mol. The van der Waals surface area contributed by atoms with E-state index in [1.807, 2.05) is 6.92 Å². The molecule has 0 amide bonds. The summed E-state index contributed by atoms with van der Waals surface area (Å²) in [6.07, 6.45) is 2.51. The molecular formula is C10H14BrNO2. The molecule has 0 aliphatic rings. The number of carbonyl (C=O) groups excluding carboxylic acids is 1. The maximum absolute atomic E-state index is 11.6. The molecule has 1 aromatic rings. The van der Waals surface area contributed by atoms with Crippen molar-refractivity contribution in [2.45, 2.75) is 26.3 Å². The van der Waals surface area contributed by atoms with Gasteiger partial charge in [-0.2, -0.15) is 0 Å². The Hall–Kier alpha value is -0.610. The summed E-state index contributed by atoms with van der Waals surface area (Å²) in [5.74, 6) is 0.364. The highest BCUT2D eigenvalue weighted by atomic mass is 79.9. The van der Waals surface area contributed by atoms with Crippen LogP contribution in [0.3, 0.4) is 0 Å². The van der Waals surface area contributed by atoms with Crippen molar-refractivity contribution in [1.82, 2.24) is 5.32 Å². The van der Waals surface area contributed by atoms with Gasteiger partial charge in [-0.3, -0.25) is 4.79 Å². The Morgan fingerprint density at radius 3 is 2.93 bits per heavy atom. The smallest absolute Gasteiger partial charge is 0.212 e. The molecule has 0 aliphatic heterocycles. The molecule has 1 unspecified atom stereocenters. The minimum absolute atomic E-state index is 0.0258. The van der Waals surface area contributed by atoms with E-state index in [0.29, 0.717) is 22.8 Å². The van der Waals surface area contributed by atoms with Crippen molar-refractivity contribution in [1.29, 1.82) is 0 Å². The molecule has 78 valence electrons. The van der Waals surface area contributed by atoms with Crippen LogP contribution in [0.5, 0.6) is 0 Å². The summed E-state index contributed by atoms with van der Waals surface area (Å²) in [5, 5.41) is 3.12. The standard InChI is InChI=1S/C10H14BrNO2/c1-3-7(2)12-6-9(13)10-8(11)4-5-14-10/h4-5,7,12H,3,6H2,1-2H3. The molecule has 0 aromatic carbocycles. The van der Waals surface area contributed by atoms with E-state index in [9.17, 15) is 4.79 Å². The van der Waals surface area contributed by atoms with Crippen molar-refractivity contribution in [2.24, 2.45) is 0 Å². The largest absolute Gasteiger partial charge is 0.460 e. The summed E-state index contributed by atoms with van der Waals surface area (Å²) in [5.41, 5.74) is 0. The van der Waals surface area contributed by atoms with Gasteiger partial charge < -0.3 is 9.73 Å². The highest BCUT2D eigenvalue weighted by molar-refractivity contribution is 9.10. The number of hydrogen-bond acceptors (Lipinski definition) is 3. The van der Waals surface area contributed by atoms with Crippen LogP contribution < -0.4 is 5.32 Å². The van der Waals surface area contributed by atoms with Gasteiger partial charge in [-0.15, -0.1) is 0 Å². The van der Waals surface area contributed by atoms with Crippen LogP contribution in [0.2, 0.25) is 0 Å². The van der Waals surface area contributed by atoms with Crippen molar-refractivity contribution >= 4 is 21.7 Å². The normalized spacial score (nSPS) is 12.8. The summed E-state index contributed by atoms with van der Waals surface area (Å²) >= 11 is 3.25. The van der Waals surface area contributed by atoms with Gasteiger partial charge in [-0.1, -0.05) is 6.92 Å². The topological polar surface area (TPSA) is 42.2 Å². The van der Waals surface area contributed by atoms with Gasteiger partial charge in [0.1, 0.15) is 0 Å². The molecule has 0 saturated carbocycles. The zero-order chi connectivity index (χ0) is 10.6. The molecule has 1 N–H and O–H groups in total. The highest BCUT2D eigenvalue weighted by Crippen LogP contribution is 2.17. The van der Waals surface area contributed by atoms with E-state index in [0.717, 1.165) is 6.42 Å². The van der Waals surface area contributed by atoms with Crippen LogP contribution in [0.15, 0.2) is 21.2 Å². The van der Waals surface area contributed by atoms with Crippen LogP contribution in [0, 0.1) is 0 Å². The van der Waals surface area contributed by atoms with E-state index in [2.05, 4.69) is 28.2 Å². The van der Waals surface area contributed by atoms with Crippen LogP contribution in [-0.2, 0) is 0 Å². The van der Waals surface area contributed by atoms with Crippen LogP contribution in [0.1, 0.15) is 30.8 Å². The third-order valence-electron chi connectivity index (χ3n) is 2.09. The van der Waals surface area contributed by atoms with E-state index in [1.165, 1.54) is 6.26 Å². The van der Waals surface area contributed by atoms with Gasteiger partial charge in [0.2, 0.25) is 5.78 Å². The number of nitrogens with one attached hydrogen (secondary N) is 1. The Balaban J connectivity index is 2.47. The quantitative estimate of drug-likeness (QED) is 0.827. The van der Waals surface area contributed by atoms with E-state index < -0.39 is 0 Å². The Labute approximate surface area is 92.0 Å². The molecule has 4 heteroatoms. The SMILES string of the molecule is CCC(C)NCC(=O)c1occc1Br. The predicted molar refractivity (Wildman–Crippen MR) is 58.5 cm³/mol. The number of halogens is 1. The molecular weight excluding hydrogens is 246 g/mol. The van der Waals surface area contributed by atoms with Gasteiger partial charge in [-0.25, -0.2) is 0 Å².